The minimum absolute atomic E-state index is 0.0342. The SMILES string of the molecule is NCCCCC(NC(=O)C(N)CC(=O)O)C(=O)NC(CCC(N)=O)C(=O)NC(CCCN=C(N)N)C(=O)O. The number of aliphatic carboxylic acids is 2. The first-order valence-corrected chi connectivity index (χ1v) is 11.9. The van der Waals surface area contributed by atoms with Crippen LogP contribution in [0.15, 0.2) is 4.99 Å². The summed E-state index contributed by atoms with van der Waals surface area (Å²) in [6.45, 7) is 0.433. The lowest BCUT2D eigenvalue weighted by molar-refractivity contribution is -0.142. The van der Waals surface area contributed by atoms with E-state index < -0.39 is 66.2 Å². The van der Waals surface area contributed by atoms with Crippen molar-refractivity contribution in [2.45, 2.75) is 75.5 Å². The van der Waals surface area contributed by atoms with Gasteiger partial charge < -0.3 is 54.8 Å². The van der Waals surface area contributed by atoms with E-state index in [2.05, 4.69) is 20.9 Å². The van der Waals surface area contributed by atoms with Gasteiger partial charge in [-0.15, -0.1) is 0 Å². The van der Waals surface area contributed by atoms with Gasteiger partial charge in [0.05, 0.1) is 12.5 Å². The summed E-state index contributed by atoms with van der Waals surface area (Å²) in [6, 6.07) is -5.37. The number of carboxylic acid groups (broad SMARTS) is 2. The van der Waals surface area contributed by atoms with Crippen LogP contribution in [0.2, 0.25) is 0 Å². The van der Waals surface area contributed by atoms with Crippen LogP contribution in [-0.4, -0.2) is 89.0 Å². The highest BCUT2D eigenvalue weighted by molar-refractivity contribution is 5.95. The maximum absolute atomic E-state index is 13.0. The van der Waals surface area contributed by atoms with E-state index in [1.54, 1.807) is 0 Å². The number of primary amides is 1. The van der Waals surface area contributed by atoms with Gasteiger partial charge in [-0.25, -0.2) is 4.79 Å². The number of guanidine groups is 1. The van der Waals surface area contributed by atoms with Crippen LogP contribution < -0.4 is 44.6 Å². The standard InChI is InChI=1S/C21H39N9O8/c22-8-2-1-4-12(28-17(34)11(23)10-16(32)33)18(35)29-13(6-7-15(24)31)19(36)30-14(20(37)38)5-3-9-27-21(25)26/h11-14H,1-10,22-23H2,(H2,24,31)(H,28,34)(H,29,35)(H,30,36)(H,32,33)(H,37,38)(H4,25,26,27). The first-order chi connectivity index (χ1) is 17.8. The van der Waals surface area contributed by atoms with Gasteiger partial charge in [0.1, 0.15) is 18.1 Å². The summed E-state index contributed by atoms with van der Waals surface area (Å²) in [5.41, 5.74) is 26.6. The normalized spacial score (nSPS) is 13.7. The summed E-state index contributed by atoms with van der Waals surface area (Å²) >= 11 is 0. The summed E-state index contributed by atoms with van der Waals surface area (Å²) in [4.78, 5) is 75.7. The van der Waals surface area contributed by atoms with Gasteiger partial charge in [0, 0.05) is 13.0 Å². The van der Waals surface area contributed by atoms with Crippen molar-refractivity contribution in [1.29, 1.82) is 0 Å². The van der Waals surface area contributed by atoms with Gasteiger partial charge in [-0.05, 0) is 45.1 Å². The molecule has 0 rings (SSSR count). The van der Waals surface area contributed by atoms with Gasteiger partial charge in [-0.2, -0.15) is 0 Å². The quantitative estimate of drug-likeness (QED) is 0.0395. The number of nitrogens with two attached hydrogens (primary N) is 5. The van der Waals surface area contributed by atoms with Crippen molar-refractivity contribution in [2.24, 2.45) is 33.7 Å². The van der Waals surface area contributed by atoms with E-state index in [-0.39, 0.29) is 44.6 Å². The van der Waals surface area contributed by atoms with Gasteiger partial charge in [0.25, 0.3) is 0 Å². The molecule has 0 spiro atoms. The summed E-state index contributed by atoms with van der Waals surface area (Å²) < 4.78 is 0. The van der Waals surface area contributed by atoms with Crippen LogP contribution in [0, 0.1) is 0 Å². The van der Waals surface area contributed by atoms with E-state index in [1.807, 2.05) is 0 Å². The lowest BCUT2D eigenvalue weighted by Crippen LogP contribution is -2.57. The molecule has 17 heteroatoms. The Bertz CT molecular complexity index is 864. The van der Waals surface area contributed by atoms with Crippen molar-refractivity contribution in [1.82, 2.24) is 16.0 Å². The number of carbonyl (C=O) groups is 6. The van der Waals surface area contributed by atoms with E-state index in [4.69, 9.17) is 33.8 Å². The zero-order chi connectivity index (χ0) is 29.3. The highest BCUT2D eigenvalue weighted by Crippen LogP contribution is 2.07. The third-order valence-corrected chi connectivity index (χ3v) is 5.18. The molecule has 0 radical (unpaired) electrons. The molecule has 4 unspecified atom stereocenters. The number of nitrogens with one attached hydrogen (secondary N) is 3. The molecule has 0 aromatic rings. The number of carbonyl (C=O) groups excluding carboxylic acids is 4. The molecule has 0 aliphatic heterocycles. The van der Waals surface area contributed by atoms with Gasteiger partial charge in [-0.1, -0.05) is 0 Å². The molecular formula is C21H39N9O8. The molecule has 0 aliphatic carbocycles. The summed E-state index contributed by atoms with van der Waals surface area (Å²) in [7, 11) is 0. The highest BCUT2D eigenvalue weighted by Gasteiger charge is 2.30. The second kappa shape index (κ2) is 18.3. The van der Waals surface area contributed by atoms with Gasteiger partial charge in [0.2, 0.25) is 23.6 Å². The zero-order valence-electron chi connectivity index (χ0n) is 21.1. The molecule has 0 heterocycles. The van der Waals surface area contributed by atoms with E-state index in [1.165, 1.54) is 0 Å². The minimum Gasteiger partial charge on any atom is -0.481 e. The molecule has 216 valence electrons. The Hall–Kier alpha value is -3.99. The van der Waals surface area contributed by atoms with Crippen LogP contribution in [0.5, 0.6) is 0 Å². The predicted octanol–water partition coefficient (Wildman–Crippen LogP) is -4.22. The molecule has 0 aromatic carbocycles. The van der Waals surface area contributed by atoms with Crippen LogP contribution in [-0.2, 0) is 28.8 Å². The van der Waals surface area contributed by atoms with Crippen molar-refractivity contribution in [3.63, 3.8) is 0 Å². The molecule has 0 saturated carbocycles. The van der Waals surface area contributed by atoms with Crippen LogP contribution in [0.3, 0.4) is 0 Å². The molecule has 4 amide bonds. The number of hydrogen-bond acceptors (Lipinski definition) is 9. The second-order valence-electron chi connectivity index (χ2n) is 8.46. The van der Waals surface area contributed by atoms with Gasteiger partial charge >= 0.3 is 11.9 Å². The van der Waals surface area contributed by atoms with Gasteiger partial charge in [0.15, 0.2) is 5.96 Å². The van der Waals surface area contributed by atoms with Crippen LogP contribution in [0.25, 0.3) is 0 Å². The first kappa shape index (κ1) is 34.0. The van der Waals surface area contributed by atoms with Crippen molar-refractivity contribution >= 4 is 41.5 Å². The zero-order valence-corrected chi connectivity index (χ0v) is 21.1. The number of rotatable bonds is 20. The molecular weight excluding hydrogens is 506 g/mol. The Balaban J connectivity index is 5.58. The molecule has 4 atom stereocenters. The van der Waals surface area contributed by atoms with Crippen LogP contribution in [0.1, 0.15) is 51.4 Å². The fourth-order valence-corrected chi connectivity index (χ4v) is 3.18. The number of aliphatic imine (C=N–C) groups is 1. The lowest BCUT2D eigenvalue weighted by Gasteiger charge is -2.25. The monoisotopic (exact) mass is 545 g/mol. The van der Waals surface area contributed by atoms with E-state index in [0.717, 1.165) is 0 Å². The molecule has 0 aromatic heterocycles. The number of amides is 4. The molecule has 0 bridgehead atoms. The molecule has 17 nitrogen and oxygen atoms in total. The van der Waals surface area contributed by atoms with Crippen molar-refractivity contribution in [3.05, 3.63) is 0 Å². The minimum atomic E-state index is -1.43. The summed E-state index contributed by atoms with van der Waals surface area (Å²) in [5, 5.41) is 25.4. The Morgan fingerprint density at radius 2 is 1.26 bits per heavy atom. The number of carboxylic acids is 2. The third kappa shape index (κ3) is 15.2. The maximum Gasteiger partial charge on any atom is 0.326 e. The topological polar surface area (TPSA) is 321 Å². The molecule has 15 N–H and O–H groups in total. The fraction of sp³-hybridized carbons (Fsp3) is 0.667. The lowest BCUT2D eigenvalue weighted by atomic mass is 10.0. The average molecular weight is 546 g/mol. The van der Waals surface area contributed by atoms with E-state index in [9.17, 15) is 33.9 Å². The Morgan fingerprint density at radius 1 is 0.737 bits per heavy atom. The van der Waals surface area contributed by atoms with E-state index >= 15 is 0 Å². The second-order valence-corrected chi connectivity index (χ2v) is 8.46. The molecule has 38 heavy (non-hydrogen) atoms. The summed E-state index contributed by atoms with van der Waals surface area (Å²) in [5.74, 6) is -6.23. The van der Waals surface area contributed by atoms with Crippen molar-refractivity contribution < 1.29 is 39.0 Å². The maximum atomic E-state index is 13.0. The Labute approximate surface area is 219 Å². The Morgan fingerprint density at radius 3 is 1.76 bits per heavy atom. The third-order valence-electron chi connectivity index (χ3n) is 5.18. The largest absolute Gasteiger partial charge is 0.481 e. The number of nitrogens with zero attached hydrogens (tertiary/aromatic N) is 1. The number of unbranched alkanes of at least 4 members (excludes halogenated alkanes) is 1. The number of hydrogen-bond donors (Lipinski definition) is 10. The first-order valence-electron chi connectivity index (χ1n) is 11.9. The Kier molecular flexibility index (Phi) is 16.4. The predicted molar refractivity (Wildman–Crippen MR) is 135 cm³/mol. The summed E-state index contributed by atoms with van der Waals surface area (Å²) in [6.07, 6.45) is -0.0608. The van der Waals surface area contributed by atoms with Crippen molar-refractivity contribution in [2.75, 3.05) is 13.1 Å². The van der Waals surface area contributed by atoms with Crippen molar-refractivity contribution in [3.8, 4) is 0 Å². The average Bonchev–Trinajstić information content (AvgIpc) is 2.81. The van der Waals surface area contributed by atoms with E-state index in [0.29, 0.717) is 19.4 Å². The smallest absolute Gasteiger partial charge is 0.326 e. The van der Waals surface area contributed by atoms with Gasteiger partial charge in [-0.3, -0.25) is 29.0 Å². The van der Waals surface area contributed by atoms with Crippen LogP contribution in [0.4, 0.5) is 0 Å². The fourth-order valence-electron chi connectivity index (χ4n) is 3.18. The molecule has 0 saturated heterocycles. The van der Waals surface area contributed by atoms with Crippen LogP contribution >= 0.6 is 0 Å². The highest BCUT2D eigenvalue weighted by atomic mass is 16.4. The molecule has 0 fully saturated rings. The molecule has 0 aliphatic rings.